The molecule has 0 spiro atoms. The highest BCUT2D eigenvalue weighted by molar-refractivity contribution is 8.01. The van der Waals surface area contributed by atoms with Crippen molar-refractivity contribution in [2.24, 2.45) is 0 Å². The van der Waals surface area contributed by atoms with Gasteiger partial charge in [0.15, 0.2) is 4.34 Å². The first-order valence-electron chi connectivity index (χ1n) is 7.32. The first-order chi connectivity index (χ1) is 11.8. The predicted molar refractivity (Wildman–Crippen MR) is 96.7 cm³/mol. The van der Waals surface area contributed by atoms with Crippen LogP contribution in [0.1, 0.15) is 5.56 Å². The number of benzene rings is 2. The van der Waals surface area contributed by atoms with Gasteiger partial charge in [-0.3, -0.25) is 0 Å². The molecule has 4 rings (SSSR count). The van der Waals surface area contributed by atoms with Gasteiger partial charge < -0.3 is 0 Å². The highest BCUT2D eigenvalue weighted by Gasteiger charge is 2.13. The Bertz CT molecular complexity index is 967. The summed E-state index contributed by atoms with van der Waals surface area (Å²) in [6.45, 7) is 0.727. The van der Waals surface area contributed by atoms with Crippen LogP contribution in [-0.4, -0.2) is 25.2 Å². The van der Waals surface area contributed by atoms with Gasteiger partial charge in [-0.1, -0.05) is 48.0 Å². The van der Waals surface area contributed by atoms with Crippen LogP contribution in [0.2, 0.25) is 5.02 Å². The number of para-hydroxylation sites is 1. The van der Waals surface area contributed by atoms with E-state index in [1.165, 1.54) is 17.3 Å². The number of thiazole rings is 1. The minimum absolute atomic E-state index is 0.666. The number of nitrogens with zero attached hydrogens (tertiary/aromatic N) is 5. The number of fused-ring (bicyclic) bond motifs is 1. The van der Waals surface area contributed by atoms with Crippen molar-refractivity contribution in [1.29, 1.82) is 0 Å². The third-order valence-electron chi connectivity index (χ3n) is 3.48. The zero-order valence-electron chi connectivity index (χ0n) is 12.5. The van der Waals surface area contributed by atoms with Crippen molar-refractivity contribution in [1.82, 2.24) is 25.2 Å². The molecule has 2 aromatic heterocycles. The number of aryl methyl sites for hydroxylation is 2. The first kappa shape index (κ1) is 15.6. The number of rotatable bonds is 5. The van der Waals surface area contributed by atoms with Crippen LogP contribution in [0.25, 0.3) is 10.2 Å². The van der Waals surface area contributed by atoms with E-state index in [9.17, 15) is 0 Å². The molecule has 0 atom stereocenters. The zero-order chi connectivity index (χ0) is 16.4. The normalized spacial score (nSPS) is 11.2. The van der Waals surface area contributed by atoms with Gasteiger partial charge in [-0.05, 0) is 46.3 Å². The first-order valence-corrected chi connectivity index (χ1v) is 9.34. The standard InChI is InChI=1S/C16H12ClN5S2/c17-12-7-4-8-13-14(12)18-16(23-13)24-15-19-20-21-22(15)10-9-11-5-2-1-3-6-11/h1-8H,9-10H2. The molecule has 0 saturated heterocycles. The fourth-order valence-corrected chi connectivity index (χ4v) is 4.57. The summed E-state index contributed by atoms with van der Waals surface area (Å²) in [6.07, 6.45) is 0.880. The molecule has 0 unspecified atom stereocenters. The van der Waals surface area contributed by atoms with Crippen molar-refractivity contribution in [2.75, 3.05) is 0 Å². The average molecular weight is 374 g/mol. The van der Waals surface area contributed by atoms with Crippen LogP contribution in [-0.2, 0) is 13.0 Å². The molecule has 0 fully saturated rings. The van der Waals surface area contributed by atoms with Crippen LogP contribution in [0.3, 0.4) is 0 Å². The Morgan fingerprint density at radius 3 is 2.79 bits per heavy atom. The van der Waals surface area contributed by atoms with Crippen molar-refractivity contribution < 1.29 is 0 Å². The van der Waals surface area contributed by atoms with Crippen molar-refractivity contribution in [2.45, 2.75) is 22.5 Å². The molecule has 0 aliphatic carbocycles. The Morgan fingerprint density at radius 2 is 1.96 bits per heavy atom. The highest BCUT2D eigenvalue weighted by atomic mass is 35.5. The number of hydrogen-bond donors (Lipinski definition) is 0. The Morgan fingerprint density at radius 1 is 1.08 bits per heavy atom. The second kappa shape index (κ2) is 6.88. The van der Waals surface area contributed by atoms with Gasteiger partial charge in [0.2, 0.25) is 5.16 Å². The van der Waals surface area contributed by atoms with Gasteiger partial charge in [0.1, 0.15) is 5.52 Å². The van der Waals surface area contributed by atoms with Crippen LogP contribution < -0.4 is 0 Å². The number of tetrazole rings is 1. The van der Waals surface area contributed by atoms with E-state index in [1.807, 2.05) is 41.1 Å². The average Bonchev–Trinajstić information content (AvgIpc) is 3.21. The number of hydrogen-bond acceptors (Lipinski definition) is 6. The third kappa shape index (κ3) is 3.28. The Hall–Kier alpha value is -1.96. The molecule has 0 aliphatic rings. The van der Waals surface area contributed by atoms with E-state index in [-0.39, 0.29) is 0 Å². The summed E-state index contributed by atoms with van der Waals surface area (Å²) in [5.41, 5.74) is 2.09. The summed E-state index contributed by atoms with van der Waals surface area (Å²) in [6, 6.07) is 16.1. The number of aromatic nitrogens is 5. The van der Waals surface area contributed by atoms with E-state index < -0.39 is 0 Å². The minimum Gasteiger partial charge on any atom is -0.228 e. The van der Waals surface area contributed by atoms with E-state index in [2.05, 4.69) is 32.6 Å². The maximum absolute atomic E-state index is 6.19. The molecular formula is C16H12ClN5S2. The van der Waals surface area contributed by atoms with Crippen molar-refractivity contribution in [3.05, 3.63) is 59.1 Å². The lowest BCUT2D eigenvalue weighted by atomic mass is 10.2. The fraction of sp³-hybridized carbons (Fsp3) is 0.125. The van der Waals surface area contributed by atoms with E-state index in [1.54, 1.807) is 11.3 Å². The lowest BCUT2D eigenvalue weighted by Gasteiger charge is -2.03. The topological polar surface area (TPSA) is 56.5 Å². The van der Waals surface area contributed by atoms with Crippen LogP contribution in [0.15, 0.2) is 58.0 Å². The van der Waals surface area contributed by atoms with Gasteiger partial charge in [-0.15, -0.1) is 16.4 Å². The van der Waals surface area contributed by atoms with Crippen LogP contribution in [0.5, 0.6) is 0 Å². The lowest BCUT2D eigenvalue weighted by Crippen LogP contribution is -2.05. The SMILES string of the molecule is Clc1cccc2sc(Sc3nnnn3CCc3ccccc3)nc12. The molecule has 2 aromatic carbocycles. The molecule has 2 heterocycles. The third-order valence-corrected chi connectivity index (χ3v) is 5.84. The van der Waals surface area contributed by atoms with Crippen LogP contribution in [0, 0.1) is 0 Å². The molecule has 0 saturated carbocycles. The maximum Gasteiger partial charge on any atom is 0.216 e. The maximum atomic E-state index is 6.19. The minimum atomic E-state index is 0.666. The lowest BCUT2D eigenvalue weighted by molar-refractivity contribution is 0.548. The second-order valence-corrected chi connectivity index (χ2v) is 7.74. The van der Waals surface area contributed by atoms with Crippen LogP contribution >= 0.6 is 34.7 Å². The highest BCUT2D eigenvalue weighted by Crippen LogP contribution is 2.35. The summed E-state index contributed by atoms with van der Waals surface area (Å²) in [5, 5.41) is 13.4. The van der Waals surface area contributed by atoms with Gasteiger partial charge in [0.25, 0.3) is 0 Å². The van der Waals surface area contributed by atoms with Crippen molar-refractivity contribution in [3.63, 3.8) is 0 Å². The van der Waals surface area contributed by atoms with Gasteiger partial charge >= 0.3 is 0 Å². The van der Waals surface area contributed by atoms with E-state index in [0.717, 1.165) is 32.7 Å². The Labute approximate surface area is 151 Å². The van der Waals surface area contributed by atoms with E-state index in [0.29, 0.717) is 5.02 Å². The smallest absolute Gasteiger partial charge is 0.216 e. The fourth-order valence-electron chi connectivity index (χ4n) is 2.31. The molecule has 0 radical (unpaired) electrons. The molecule has 5 nitrogen and oxygen atoms in total. The molecule has 4 aromatic rings. The van der Waals surface area contributed by atoms with E-state index >= 15 is 0 Å². The van der Waals surface area contributed by atoms with Crippen LogP contribution in [0.4, 0.5) is 0 Å². The summed E-state index contributed by atoms with van der Waals surface area (Å²) in [5.74, 6) is 0. The summed E-state index contributed by atoms with van der Waals surface area (Å²) in [4.78, 5) is 4.59. The molecule has 0 aliphatic heterocycles. The summed E-state index contributed by atoms with van der Waals surface area (Å²) >= 11 is 9.25. The molecule has 0 amide bonds. The zero-order valence-corrected chi connectivity index (χ0v) is 14.9. The summed E-state index contributed by atoms with van der Waals surface area (Å²) < 4.78 is 3.76. The molecule has 0 bridgehead atoms. The van der Waals surface area contributed by atoms with Crippen molar-refractivity contribution in [3.8, 4) is 0 Å². The van der Waals surface area contributed by atoms with Gasteiger partial charge in [0.05, 0.1) is 9.72 Å². The molecule has 0 N–H and O–H groups in total. The van der Waals surface area contributed by atoms with E-state index in [4.69, 9.17) is 11.6 Å². The second-order valence-electron chi connectivity index (χ2n) is 5.09. The quantitative estimate of drug-likeness (QED) is 0.521. The molecule has 120 valence electrons. The summed E-state index contributed by atoms with van der Waals surface area (Å²) in [7, 11) is 0. The Balaban J connectivity index is 1.52. The predicted octanol–water partition coefficient (Wildman–Crippen LogP) is 4.33. The van der Waals surface area contributed by atoms with Gasteiger partial charge in [0, 0.05) is 6.54 Å². The van der Waals surface area contributed by atoms with Gasteiger partial charge in [-0.25, -0.2) is 9.67 Å². The molecule has 24 heavy (non-hydrogen) atoms. The monoisotopic (exact) mass is 373 g/mol. The largest absolute Gasteiger partial charge is 0.228 e. The van der Waals surface area contributed by atoms with Gasteiger partial charge in [-0.2, -0.15) is 0 Å². The number of halogens is 1. The molecule has 8 heteroatoms. The Kier molecular flexibility index (Phi) is 4.46. The van der Waals surface area contributed by atoms with Crippen molar-refractivity contribution >= 4 is 44.9 Å². The molecular weight excluding hydrogens is 362 g/mol.